The van der Waals surface area contributed by atoms with Crippen molar-refractivity contribution in [2.24, 2.45) is 0 Å². The van der Waals surface area contributed by atoms with Crippen LogP contribution in [0.3, 0.4) is 0 Å². The molecule has 0 bridgehead atoms. The summed E-state index contributed by atoms with van der Waals surface area (Å²) in [6.45, 7) is 2.24. The van der Waals surface area contributed by atoms with Gasteiger partial charge in [-0.05, 0) is 67.3 Å². The summed E-state index contributed by atoms with van der Waals surface area (Å²) in [7, 11) is -2.60. The Bertz CT molecular complexity index is 1240. The number of carbonyl (C=O) groups is 1. The smallest absolute Gasteiger partial charge is 0.265 e. The summed E-state index contributed by atoms with van der Waals surface area (Å²) >= 11 is 0. The first-order valence-corrected chi connectivity index (χ1v) is 12.6. The average molecular weight is 481 g/mol. The van der Waals surface area contributed by atoms with Gasteiger partial charge in [0.2, 0.25) is 0 Å². The molecule has 2 N–H and O–H groups in total. The van der Waals surface area contributed by atoms with Gasteiger partial charge in [0.15, 0.2) is 14.6 Å². The minimum absolute atomic E-state index is 0.0183. The van der Waals surface area contributed by atoms with Gasteiger partial charge in [0.25, 0.3) is 5.91 Å². The van der Waals surface area contributed by atoms with Crippen molar-refractivity contribution in [1.82, 2.24) is 5.48 Å². The van der Waals surface area contributed by atoms with Gasteiger partial charge < -0.3 is 9.64 Å². The van der Waals surface area contributed by atoms with Crippen LogP contribution in [0.4, 0.5) is 5.69 Å². The number of anilines is 1. The SMILES string of the molecule is COc1ccc(S(=O)(=O)C2(C(=O)NO)CCN(c3ccc(-c4ccccc4)cc3)C(C)C2)cc1. The zero-order valence-electron chi connectivity index (χ0n) is 19.1. The Kier molecular flexibility index (Phi) is 6.63. The number of benzene rings is 3. The Morgan fingerprint density at radius 3 is 2.18 bits per heavy atom. The van der Waals surface area contributed by atoms with E-state index in [9.17, 15) is 18.4 Å². The van der Waals surface area contributed by atoms with Gasteiger partial charge in [0.1, 0.15) is 5.75 Å². The number of rotatable bonds is 6. The molecule has 1 saturated heterocycles. The number of hydrogen-bond acceptors (Lipinski definition) is 6. The molecule has 0 saturated carbocycles. The Morgan fingerprint density at radius 1 is 1.00 bits per heavy atom. The van der Waals surface area contributed by atoms with Crippen molar-refractivity contribution in [3.05, 3.63) is 78.9 Å². The van der Waals surface area contributed by atoms with Crippen molar-refractivity contribution in [3.8, 4) is 16.9 Å². The largest absolute Gasteiger partial charge is 0.497 e. The fourth-order valence-electron chi connectivity index (χ4n) is 4.73. The van der Waals surface area contributed by atoms with Gasteiger partial charge in [-0.2, -0.15) is 0 Å². The number of hydroxylamine groups is 1. The number of ether oxygens (including phenoxy) is 1. The van der Waals surface area contributed by atoms with E-state index >= 15 is 0 Å². The van der Waals surface area contributed by atoms with Crippen LogP contribution < -0.4 is 15.1 Å². The van der Waals surface area contributed by atoms with E-state index in [4.69, 9.17) is 4.74 Å². The van der Waals surface area contributed by atoms with E-state index < -0.39 is 20.5 Å². The molecule has 2 unspecified atom stereocenters. The number of amides is 1. The number of nitrogens with one attached hydrogen (secondary N) is 1. The second-order valence-corrected chi connectivity index (χ2v) is 10.8. The van der Waals surface area contributed by atoms with Gasteiger partial charge >= 0.3 is 0 Å². The van der Waals surface area contributed by atoms with Crippen molar-refractivity contribution in [3.63, 3.8) is 0 Å². The number of nitrogens with zero attached hydrogens (tertiary/aromatic N) is 1. The zero-order chi connectivity index (χ0) is 24.3. The number of carbonyl (C=O) groups excluding carboxylic acids is 1. The van der Waals surface area contributed by atoms with Crippen LogP contribution >= 0.6 is 0 Å². The second-order valence-electron chi connectivity index (χ2n) is 8.52. The van der Waals surface area contributed by atoms with E-state index in [1.54, 1.807) is 17.6 Å². The van der Waals surface area contributed by atoms with Crippen LogP contribution in [0, 0.1) is 0 Å². The summed E-state index contributed by atoms with van der Waals surface area (Å²) in [6, 6.07) is 23.8. The molecule has 1 aliphatic rings. The van der Waals surface area contributed by atoms with Crippen LogP contribution in [0.15, 0.2) is 83.8 Å². The lowest BCUT2D eigenvalue weighted by molar-refractivity contribution is -0.132. The third-order valence-electron chi connectivity index (χ3n) is 6.62. The van der Waals surface area contributed by atoms with Crippen molar-refractivity contribution < 1.29 is 23.2 Å². The summed E-state index contributed by atoms with van der Waals surface area (Å²) in [6.07, 6.45) is 0.0761. The maximum Gasteiger partial charge on any atom is 0.265 e. The Balaban J connectivity index is 1.62. The maximum atomic E-state index is 13.7. The molecule has 1 amide bonds. The van der Waals surface area contributed by atoms with Crippen molar-refractivity contribution in [2.45, 2.75) is 35.4 Å². The highest BCUT2D eigenvalue weighted by atomic mass is 32.2. The molecule has 0 aromatic heterocycles. The molecule has 0 spiro atoms. The van der Waals surface area contributed by atoms with Crippen molar-refractivity contribution in [2.75, 3.05) is 18.6 Å². The fraction of sp³-hybridized carbons (Fsp3) is 0.269. The fourth-order valence-corrected chi connectivity index (χ4v) is 6.78. The second kappa shape index (κ2) is 9.48. The topological polar surface area (TPSA) is 95.9 Å². The van der Waals surface area contributed by atoms with Crippen LogP contribution in [-0.4, -0.2) is 44.0 Å². The molecular formula is C26H28N2O5S. The predicted molar refractivity (Wildman–Crippen MR) is 131 cm³/mol. The van der Waals surface area contributed by atoms with Crippen LogP contribution in [0.1, 0.15) is 19.8 Å². The maximum absolute atomic E-state index is 13.7. The third kappa shape index (κ3) is 4.15. The number of sulfone groups is 1. The molecule has 2 atom stereocenters. The van der Waals surface area contributed by atoms with Gasteiger partial charge in [0.05, 0.1) is 12.0 Å². The summed E-state index contributed by atoms with van der Waals surface area (Å²) in [5, 5.41) is 9.46. The van der Waals surface area contributed by atoms with Crippen LogP contribution in [0.2, 0.25) is 0 Å². The van der Waals surface area contributed by atoms with Gasteiger partial charge in [-0.25, -0.2) is 13.9 Å². The molecule has 4 rings (SSSR count). The normalized spacial score (nSPS) is 20.6. The first kappa shape index (κ1) is 23.8. The minimum atomic E-state index is -4.10. The van der Waals surface area contributed by atoms with Crippen molar-refractivity contribution in [1.29, 1.82) is 0 Å². The molecule has 1 fully saturated rings. The average Bonchev–Trinajstić information content (AvgIpc) is 2.88. The Labute approximate surface area is 199 Å². The van der Waals surface area contributed by atoms with E-state index in [0.29, 0.717) is 12.3 Å². The molecule has 1 aliphatic heterocycles. The van der Waals surface area contributed by atoms with E-state index in [1.807, 2.05) is 61.5 Å². The lowest BCUT2D eigenvalue weighted by Crippen LogP contribution is -2.60. The summed E-state index contributed by atoms with van der Waals surface area (Å²) in [4.78, 5) is 15.0. The summed E-state index contributed by atoms with van der Waals surface area (Å²) < 4.78 is 30.7. The van der Waals surface area contributed by atoms with Gasteiger partial charge in [-0.3, -0.25) is 10.0 Å². The molecule has 0 radical (unpaired) electrons. The zero-order valence-corrected chi connectivity index (χ0v) is 20.0. The highest BCUT2D eigenvalue weighted by Gasteiger charge is 2.54. The minimum Gasteiger partial charge on any atom is -0.497 e. The molecule has 8 heteroatoms. The molecule has 0 aliphatic carbocycles. The van der Waals surface area contributed by atoms with E-state index in [-0.39, 0.29) is 23.8 Å². The lowest BCUT2D eigenvalue weighted by Gasteiger charge is -2.44. The first-order chi connectivity index (χ1) is 16.3. The predicted octanol–water partition coefficient (Wildman–Crippen LogP) is 4.07. The van der Waals surface area contributed by atoms with Gasteiger partial charge in [-0.1, -0.05) is 42.5 Å². The molecule has 3 aromatic carbocycles. The molecular weight excluding hydrogens is 452 g/mol. The Morgan fingerprint density at radius 2 is 1.62 bits per heavy atom. The first-order valence-electron chi connectivity index (χ1n) is 11.1. The van der Waals surface area contributed by atoms with Crippen molar-refractivity contribution >= 4 is 21.4 Å². The lowest BCUT2D eigenvalue weighted by atomic mass is 9.89. The van der Waals surface area contributed by atoms with Crippen LogP contribution in [-0.2, 0) is 14.6 Å². The molecule has 7 nitrogen and oxygen atoms in total. The highest BCUT2D eigenvalue weighted by molar-refractivity contribution is 7.93. The van der Waals surface area contributed by atoms with Crippen LogP contribution in [0.25, 0.3) is 11.1 Å². The van der Waals surface area contributed by atoms with Gasteiger partial charge in [0, 0.05) is 18.3 Å². The number of hydrogen-bond donors (Lipinski definition) is 2. The summed E-state index contributed by atoms with van der Waals surface area (Å²) in [5.74, 6) is -0.393. The van der Waals surface area contributed by atoms with E-state index in [2.05, 4.69) is 4.90 Å². The molecule has 3 aromatic rings. The number of piperidine rings is 1. The number of methoxy groups -OCH3 is 1. The monoisotopic (exact) mass is 480 g/mol. The van der Waals surface area contributed by atoms with Crippen LogP contribution in [0.5, 0.6) is 5.75 Å². The van der Waals surface area contributed by atoms with Gasteiger partial charge in [-0.15, -0.1) is 0 Å². The van der Waals surface area contributed by atoms with E-state index in [1.165, 1.54) is 19.2 Å². The quantitative estimate of drug-likeness (QED) is 0.408. The molecule has 1 heterocycles. The highest BCUT2D eigenvalue weighted by Crippen LogP contribution is 2.40. The Hall–Kier alpha value is -3.36. The third-order valence-corrected chi connectivity index (χ3v) is 9.10. The molecule has 178 valence electrons. The molecule has 34 heavy (non-hydrogen) atoms. The standard InChI is InChI=1S/C26H28N2O5S/c1-19-18-26(25(29)27-30,34(31,32)24-14-12-23(33-2)13-15-24)16-17-28(19)22-10-8-21(9-11-22)20-6-4-3-5-7-20/h3-15,19,30H,16-18H2,1-2H3,(H,27,29). The summed E-state index contributed by atoms with van der Waals surface area (Å²) in [5.41, 5.74) is 4.77. The van der Waals surface area contributed by atoms with E-state index in [0.717, 1.165) is 16.8 Å².